The van der Waals surface area contributed by atoms with E-state index in [1.807, 2.05) is 0 Å². The van der Waals surface area contributed by atoms with Crippen LogP contribution in [0.1, 0.15) is 31.4 Å². The van der Waals surface area contributed by atoms with Crippen molar-refractivity contribution in [2.24, 2.45) is 17.6 Å². The number of hydrogen-bond acceptors (Lipinski definition) is 5. The third-order valence-electron chi connectivity index (χ3n) is 3.88. The van der Waals surface area contributed by atoms with Crippen LogP contribution in [0.2, 0.25) is 0 Å². The summed E-state index contributed by atoms with van der Waals surface area (Å²) in [5, 5.41) is 19.0. The molecular weight excluding hydrogens is 274 g/mol. The van der Waals surface area contributed by atoms with Crippen LogP contribution in [0, 0.1) is 11.8 Å². The molecule has 0 saturated heterocycles. The van der Waals surface area contributed by atoms with E-state index in [0.29, 0.717) is 18.2 Å². The zero-order valence-electron chi connectivity index (χ0n) is 11.9. The van der Waals surface area contributed by atoms with Gasteiger partial charge in [-0.25, -0.2) is 4.68 Å². The van der Waals surface area contributed by atoms with Gasteiger partial charge in [0.15, 0.2) is 0 Å². The summed E-state index contributed by atoms with van der Waals surface area (Å²) in [7, 11) is 0. The molecule has 0 radical (unpaired) electrons. The Bertz CT molecular complexity index is 494. The van der Waals surface area contributed by atoms with Crippen LogP contribution in [0.25, 0.3) is 0 Å². The smallest absolute Gasteiger partial charge is 0.325 e. The van der Waals surface area contributed by atoms with Gasteiger partial charge >= 0.3 is 5.97 Å². The number of amides is 1. The Morgan fingerprint density at radius 1 is 1.38 bits per heavy atom. The normalized spacial score (nSPS) is 22.0. The molecule has 0 unspecified atom stereocenters. The standard InChI is InChI=1S/C13H21N5O3/c14-5-9-1-3-10(4-2-9)13(21)15-6-11-7-18(17-16-11)8-12(19)20/h7,9-10H,1-6,8,14H2,(H,15,21)(H,19,20). The molecule has 21 heavy (non-hydrogen) atoms. The predicted octanol–water partition coefficient (Wildman–Crippen LogP) is -0.256. The van der Waals surface area contributed by atoms with Crippen molar-refractivity contribution in [2.75, 3.05) is 6.54 Å². The zero-order chi connectivity index (χ0) is 15.2. The van der Waals surface area contributed by atoms with Gasteiger partial charge in [0.25, 0.3) is 0 Å². The molecule has 1 amide bonds. The molecule has 0 aromatic carbocycles. The molecule has 1 fully saturated rings. The van der Waals surface area contributed by atoms with E-state index in [9.17, 15) is 9.59 Å². The Morgan fingerprint density at radius 2 is 2.10 bits per heavy atom. The number of aliphatic carboxylic acids is 1. The first-order valence-corrected chi connectivity index (χ1v) is 7.17. The van der Waals surface area contributed by atoms with Crippen LogP contribution in [0.3, 0.4) is 0 Å². The zero-order valence-corrected chi connectivity index (χ0v) is 11.9. The second-order valence-corrected chi connectivity index (χ2v) is 5.47. The third-order valence-corrected chi connectivity index (χ3v) is 3.88. The topological polar surface area (TPSA) is 123 Å². The van der Waals surface area contributed by atoms with Crippen LogP contribution in [0.15, 0.2) is 6.20 Å². The number of nitrogens with one attached hydrogen (secondary N) is 1. The fourth-order valence-electron chi connectivity index (χ4n) is 2.62. The molecule has 1 aliphatic carbocycles. The minimum Gasteiger partial charge on any atom is -0.480 e. The summed E-state index contributed by atoms with van der Waals surface area (Å²) in [4.78, 5) is 22.6. The van der Waals surface area contributed by atoms with E-state index < -0.39 is 5.97 Å². The molecule has 1 aliphatic rings. The van der Waals surface area contributed by atoms with Crippen molar-refractivity contribution < 1.29 is 14.7 Å². The van der Waals surface area contributed by atoms with Crippen molar-refractivity contribution in [3.05, 3.63) is 11.9 Å². The molecule has 0 aliphatic heterocycles. The Kier molecular flexibility index (Phi) is 5.26. The molecule has 1 aromatic rings. The van der Waals surface area contributed by atoms with Crippen molar-refractivity contribution in [3.8, 4) is 0 Å². The fourth-order valence-corrected chi connectivity index (χ4v) is 2.62. The van der Waals surface area contributed by atoms with Gasteiger partial charge in [0.2, 0.25) is 5.91 Å². The highest BCUT2D eigenvalue weighted by Crippen LogP contribution is 2.28. The van der Waals surface area contributed by atoms with Crippen molar-refractivity contribution >= 4 is 11.9 Å². The maximum Gasteiger partial charge on any atom is 0.325 e. The van der Waals surface area contributed by atoms with Crippen LogP contribution in [0.4, 0.5) is 0 Å². The minimum atomic E-state index is -0.979. The van der Waals surface area contributed by atoms with Gasteiger partial charge in [-0.05, 0) is 38.1 Å². The highest BCUT2D eigenvalue weighted by atomic mass is 16.4. The summed E-state index contributed by atoms with van der Waals surface area (Å²) >= 11 is 0. The lowest BCUT2D eigenvalue weighted by Gasteiger charge is -2.26. The van der Waals surface area contributed by atoms with Gasteiger partial charge in [-0.2, -0.15) is 0 Å². The van der Waals surface area contributed by atoms with Gasteiger partial charge in [-0.1, -0.05) is 5.21 Å². The van der Waals surface area contributed by atoms with Gasteiger partial charge in [0.05, 0.1) is 12.7 Å². The van der Waals surface area contributed by atoms with E-state index in [1.54, 1.807) is 0 Å². The summed E-state index contributed by atoms with van der Waals surface area (Å²) in [5.41, 5.74) is 6.19. The van der Waals surface area contributed by atoms with Gasteiger partial charge in [-0.3, -0.25) is 9.59 Å². The molecule has 0 bridgehead atoms. The maximum absolute atomic E-state index is 12.1. The highest BCUT2D eigenvalue weighted by Gasteiger charge is 2.25. The van der Waals surface area contributed by atoms with Gasteiger partial charge in [0.1, 0.15) is 12.2 Å². The van der Waals surface area contributed by atoms with Crippen LogP contribution < -0.4 is 11.1 Å². The lowest BCUT2D eigenvalue weighted by molar-refractivity contribution is -0.138. The van der Waals surface area contributed by atoms with Crippen LogP contribution in [-0.4, -0.2) is 38.5 Å². The number of nitrogens with two attached hydrogens (primary N) is 1. The van der Waals surface area contributed by atoms with Crippen molar-refractivity contribution in [3.63, 3.8) is 0 Å². The molecule has 8 heteroatoms. The summed E-state index contributed by atoms with van der Waals surface area (Å²) < 4.78 is 1.23. The molecule has 4 N–H and O–H groups in total. The Hall–Kier alpha value is -1.96. The first-order chi connectivity index (χ1) is 10.1. The summed E-state index contributed by atoms with van der Waals surface area (Å²) in [6, 6.07) is 0. The molecule has 8 nitrogen and oxygen atoms in total. The number of hydrogen-bond donors (Lipinski definition) is 3. The largest absolute Gasteiger partial charge is 0.480 e. The lowest BCUT2D eigenvalue weighted by Crippen LogP contribution is -2.34. The quantitative estimate of drug-likeness (QED) is 0.664. The van der Waals surface area contributed by atoms with Gasteiger partial charge in [-0.15, -0.1) is 5.10 Å². The average molecular weight is 295 g/mol. The van der Waals surface area contributed by atoms with Gasteiger partial charge < -0.3 is 16.2 Å². The van der Waals surface area contributed by atoms with Crippen LogP contribution in [-0.2, 0) is 22.7 Å². The van der Waals surface area contributed by atoms with E-state index in [0.717, 1.165) is 25.7 Å². The molecular formula is C13H21N5O3. The van der Waals surface area contributed by atoms with E-state index in [-0.39, 0.29) is 24.9 Å². The third kappa shape index (κ3) is 4.52. The van der Waals surface area contributed by atoms with E-state index >= 15 is 0 Å². The molecule has 2 rings (SSSR count). The number of carboxylic acids is 1. The van der Waals surface area contributed by atoms with Crippen molar-refractivity contribution in [2.45, 2.75) is 38.8 Å². The number of carbonyl (C=O) groups is 2. The molecule has 1 saturated carbocycles. The number of aromatic nitrogens is 3. The number of carbonyl (C=O) groups excluding carboxylic acids is 1. The first kappa shape index (κ1) is 15.4. The molecule has 1 aromatic heterocycles. The monoisotopic (exact) mass is 295 g/mol. The first-order valence-electron chi connectivity index (χ1n) is 7.17. The van der Waals surface area contributed by atoms with Crippen molar-refractivity contribution in [1.82, 2.24) is 20.3 Å². The predicted molar refractivity (Wildman–Crippen MR) is 74.0 cm³/mol. The van der Waals surface area contributed by atoms with E-state index in [4.69, 9.17) is 10.8 Å². The summed E-state index contributed by atoms with van der Waals surface area (Å²) in [5.74, 6) is -0.364. The molecule has 0 spiro atoms. The van der Waals surface area contributed by atoms with E-state index in [2.05, 4.69) is 15.6 Å². The number of nitrogens with zero attached hydrogens (tertiary/aromatic N) is 3. The minimum absolute atomic E-state index is 0.0262. The summed E-state index contributed by atoms with van der Waals surface area (Å²) in [6.45, 7) is 0.736. The molecule has 1 heterocycles. The van der Waals surface area contributed by atoms with Crippen LogP contribution >= 0.6 is 0 Å². The molecule has 116 valence electrons. The Morgan fingerprint density at radius 3 is 2.71 bits per heavy atom. The van der Waals surface area contributed by atoms with Crippen LogP contribution in [0.5, 0.6) is 0 Å². The van der Waals surface area contributed by atoms with Gasteiger partial charge in [0, 0.05) is 5.92 Å². The fraction of sp³-hybridized carbons (Fsp3) is 0.692. The second kappa shape index (κ2) is 7.16. The van der Waals surface area contributed by atoms with E-state index in [1.165, 1.54) is 10.9 Å². The molecule has 0 atom stereocenters. The Balaban J connectivity index is 1.76. The second-order valence-electron chi connectivity index (χ2n) is 5.47. The number of rotatable bonds is 6. The summed E-state index contributed by atoms with van der Waals surface area (Å²) in [6.07, 6.45) is 5.28. The lowest BCUT2D eigenvalue weighted by atomic mass is 9.81. The number of carboxylic acid groups (broad SMARTS) is 1. The highest BCUT2D eigenvalue weighted by molar-refractivity contribution is 5.78. The average Bonchev–Trinajstić information content (AvgIpc) is 2.91. The SMILES string of the molecule is NCC1CCC(C(=O)NCc2cn(CC(=O)O)nn2)CC1. The Labute approximate surface area is 122 Å². The maximum atomic E-state index is 12.1. The van der Waals surface area contributed by atoms with Crippen molar-refractivity contribution in [1.29, 1.82) is 0 Å².